The summed E-state index contributed by atoms with van der Waals surface area (Å²) in [6.07, 6.45) is 3.21. The predicted molar refractivity (Wildman–Crippen MR) is 103 cm³/mol. The lowest BCUT2D eigenvalue weighted by atomic mass is 10.1. The second-order valence-electron chi connectivity index (χ2n) is 6.37. The molecule has 1 aromatic carbocycles. The van der Waals surface area contributed by atoms with Gasteiger partial charge in [0.1, 0.15) is 5.70 Å². The maximum absolute atomic E-state index is 12.6. The van der Waals surface area contributed by atoms with Gasteiger partial charge in [0.2, 0.25) is 0 Å². The minimum absolute atomic E-state index is 0.0159. The molecule has 2 aliphatic heterocycles. The molecule has 1 aromatic rings. The molecule has 2 heterocycles. The van der Waals surface area contributed by atoms with E-state index in [0.717, 1.165) is 17.1 Å². The smallest absolute Gasteiger partial charge is 0.345 e. The lowest BCUT2D eigenvalue weighted by molar-refractivity contribution is -0.118. The summed E-state index contributed by atoms with van der Waals surface area (Å²) in [5, 5.41) is 2.74. The van der Waals surface area contributed by atoms with Gasteiger partial charge in [0.05, 0.1) is 26.0 Å². The number of likely N-dealkylation sites (N-methyl/N-ethyl adjacent to an activating group) is 1. The molecule has 1 N–H and O–H groups in total. The van der Waals surface area contributed by atoms with Crippen molar-refractivity contribution in [1.82, 2.24) is 9.62 Å². The number of amides is 1. The van der Waals surface area contributed by atoms with Crippen LogP contribution in [0.4, 0.5) is 0 Å². The van der Waals surface area contributed by atoms with Crippen molar-refractivity contribution in [2.75, 3.05) is 34.4 Å². The van der Waals surface area contributed by atoms with Crippen molar-refractivity contribution < 1.29 is 27.4 Å². The van der Waals surface area contributed by atoms with E-state index in [1.807, 2.05) is 0 Å². The van der Waals surface area contributed by atoms with Crippen LogP contribution in [0.5, 0.6) is 11.5 Å². The van der Waals surface area contributed by atoms with Crippen molar-refractivity contribution in [3.05, 3.63) is 35.5 Å². The van der Waals surface area contributed by atoms with Crippen molar-refractivity contribution in [3.63, 3.8) is 0 Å². The number of allylic oxidation sites excluding steroid dienone is 1. The first-order chi connectivity index (χ1) is 13.4. The van der Waals surface area contributed by atoms with Crippen LogP contribution in [-0.4, -0.2) is 64.9 Å². The average molecular weight is 409 g/mol. The SMILES string of the molecule is COc1ccc(C2=NS(=O)(=O)N(C)C(C(=O)NC[C@@H]3CCCO3)=C2)cc1OC. The number of methoxy groups -OCH3 is 2. The van der Waals surface area contributed by atoms with Gasteiger partial charge in [0.25, 0.3) is 5.91 Å². The summed E-state index contributed by atoms with van der Waals surface area (Å²) in [5.41, 5.74) is 0.609. The predicted octanol–water partition coefficient (Wildman–Crippen LogP) is 0.862. The van der Waals surface area contributed by atoms with Crippen molar-refractivity contribution in [2.45, 2.75) is 18.9 Å². The molecule has 0 bridgehead atoms. The van der Waals surface area contributed by atoms with E-state index >= 15 is 0 Å². The monoisotopic (exact) mass is 409 g/mol. The Labute approximate surface area is 164 Å². The van der Waals surface area contributed by atoms with Crippen molar-refractivity contribution >= 4 is 21.8 Å². The van der Waals surface area contributed by atoms with Crippen LogP contribution < -0.4 is 14.8 Å². The minimum atomic E-state index is -4.04. The Bertz CT molecular complexity index is 919. The molecule has 0 radical (unpaired) electrons. The van der Waals surface area contributed by atoms with E-state index in [-0.39, 0.29) is 17.5 Å². The third kappa shape index (κ3) is 4.12. The van der Waals surface area contributed by atoms with E-state index in [0.29, 0.717) is 30.2 Å². The molecule has 2 aliphatic rings. The highest BCUT2D eigenvalue weighted by molar-refractivity contribution is 7.88. The molecule has 0 saturated carbocycles. The summed E-state index contributed by atoms with van der Waals surface area (Å²) in [7, 11) is 0.243. The van der Waals surface area contributed by atoms with E-state index in [1.54, 1.807) is 18.2 Å². The molecule has 0 aromatic heterocycles. The number of nitrogens with one attached hydrogen (secondary N) is 1. The van der Waals surface area contributed by atoms with Crippen LogP contribution in [0.1, 0.15) is 18.4 Å². The molecular formula is C18H23N3O6S. The Balaban J connectivity index is 1.89. The zero-order valence-corrected chi connectivity index (χ0v) is 16.8. The Morgan fingerprint density at radius 2 is 2.07 bits per heavy atom. The quantitative estimate of drug-likeness (QED) is 0.747. The molecule has 28 heavy (non-hydrogen) atoms. The molecule has 10 heteroatoms. The Morgan fingerprint density at radius 3 is 2.71 bits per heavy atom. The summed E-state index contributed by atoms with van der Waals surface area (Å²) in [5.74, 6) is 0.424. The highest BCUT2D eigenvalue weighted by atomic mass is 32.2. The topological polar surface area (TPSA) is 107 Å². The molecule has 0 unspecified atom stereocenters. The summed E-state index contributed by atoms with van der Waals surface area (Å²) in [6.45, 7) is 1.00. The number of carbonyl (C=O) groups is 1. The molecule has 9 nitrogen and oxygen atoms in total. The number of carbonyl (C=O) groups excluding carboxylic acids is 1. The molecule has 1 amide bonds. The fraction of sp³-hybridized carbons (Fsp3) is 0.444. The standard InChI is InChI=1S/C18H23N3O6S/c1-21-15(18(22)19-11-13-5-4-8-27-13)10-14(20-28(21,23)24)12-6-7-16(25-2)17(9-12)26-3/h6-7,9-10,13H,4-5,8,11H2,1-3H3,(H,19,22)/t13-/m0/s1. The molecule has 1 fully saturated rings. The number of benzene rings is 1. The van der Waals surface area contributed by atoms with Gasteiger partial charge >= 0.3 is 10.2 Å². The first kappa shape index (κ1) is 20.2. The van der Waals surface area contributed by atoms with Crippen molar-refractivity contribution in [1.29, 1.82) is 0 Å². The summed E-state index contributed by atoms with van der Waals surface area (Å²) < 4.78 is 45.5. The van der Waals surface area contributed by atoms with Gasteiger partial charge in [-0.1, -0.05) is 0 Å². The number of nitrogens with zero attached hydrogens (tertiary/aromatic N) is 2. The van der Waals surface area contributed by atoms with Crippen LogP contribution in [0.2, 0.25) is 0 Å². The van der Waals surface area contributed by atoms with Crippen LogP contribution in [0.3, 0.4) is 0 Å². The lowest BCUT2D eigenvalue weighted by Gasteiger charge is -2.24. The highest BCUT2D eigenvalue weighted by Crippen LogP contribution is 2.29. The number of hydrogen-bond acceptors (Lipinski definition) is 6. The number of rotatable bonds is 6. The fourth-order valence-corrected chi connectivity index (χ4v) is 3.91. The molecule has 0 spiro atoms. The lowest BCUT2D eigenvalue weighted by Crippen LogP contribution is -2.40. The maximum atomic E-state index is 12.6. The molecule has 3 rings (SSSR count). The van der Waals surface area contributed by atoms with E-state index in [2.05, 4.69) is 9.71 Å². The van der Waals surface area contributed by atoms with Gasteiger partial charge in [-0.15, -0.1) is 4.40 Å². The van der Waals surface area contributed by atoms with Gasteiger partial charge < -0.3 is 19.5 Å². The molecular weight excluding hydrogens is 386 g/mol. The minimum Gasteiger partial charge on any atom is -0.493 e. The van der Waals surface area contributed by atoms with E-state index in [9.17, 15) is 13.2 Å². The van der Waals surface area contributed by atoms with E-state index in [4.69, 9.17) is 14.2 Å². The Kier molecular flexibility index (Phi) is 5.90. The van der Waals surface area contributed by atoms with Crippen molar-refractivity contribution in [3.8, 4) is 11.5 Å². The maximum Gasteiger partial charge on any atom is 0.345 e. The fourth-order valence-electron chi connectivity index (χ4n) is 3.00. The van der Waals surface area contributed by atoms with Gasteiger partial charge in [-0.2, -0.15) is 8.42 Å². The van der Waals surface area contributed by atoms with Crippen LogP contribution in [0, 0.1) is 0 Å². The summed E-state index contributed by atoms with van der Waals surface area (Å²) in [6, 6.07) is 4.91. The largest absolute Gasteiger partial charge is 0.493 e. The van der Waals surface area contributed by atoms with Crippen LogP contribution in [0.15, 0.2) is 34.4 Å². The zero-order valence-electron chi connectivity index (χ0n) is 16.0. The van der Waals surface area contributed by atoms with E-state index < -0.39 is 16.1 Å². The Hall–Kier alpha value is -2.59. The second-order valence-corrected chi connectivity index (χ2v) is 7.99. The molecule has 0 aliphatic carbocycles. The van der Waals surface area contributed by atoms with Crippen LogP contribution in [-0.2, 0) is 19.7 Å². The number of hydrogen-bond donors (Lipinski definition) is 1. The second kappa shape index (κ2) is 8.19. The van der Waals surface area contributed by atoms with Gasteiger partial charge in [0, 0.05) is 25.8 Å². The van der Waals surface area contributed by atoms with E-state index in [1.165, 1.54) is 27.3 Å². The number of ether oxygens (including phenoxy) is 3. The highest BCUT2D eigenvalue weighted by Gasteiger charge is 2.30. The molecule has 1 saturated heterocycles. The zero-order chi connectivity index (χ0) is 20.3. The summed E-state index contributed by atoms with van der Waals surface area (Å²) >= 11 is 0. The van der Waals surface area contributed by atoms with Crippen molar-refractivity contribution in [2.24, 2.45) is 4.40 Å². The van der Waals surface area contributed by atoms with Crippen LogP contribution >= 0.6 is 0 Å². The average Bonchev–Trinajstić information content (AvgIpc) is 3.21. The Morgan fingerprint density at radius 1 is 1.32 bits per heavy atom. The normalized spacial score (nSPS) is 21.0. The van der Waals surface area contributed by atoms with Gasteiger partial charge in [-0.05, 0) is 37.1 Å². The van der Waals surface area contributed by atoms with Crippen LogP contribution in [0.25, 0.3) is 0 Å². The third-order valence-corrected chi connectivity index (χ3v) is 5.91. The van der Waals surface area contributed by atoms with Gasteiger partial charge in [-0.3, -0.25) is 4.79 Å². The van der Waals surface area contributed by atoms with Gasteiger partial charge in [0.15, 0.2) is 11.5 Å². The first-order valence-electron chi connectivity index (χ1n) is 8.78. The van der Waals surface area contributed by atoms with Gasteiger partial charge in [-0.25, -0.2) is 4.31 Å². The molecule has 1 atom stereocenters. The molecule has 152 valence electrons. The summed E-state index contributed by atoms with van der Waals surface area (Å²) in [4.78, 5) is 12.6. The third-order valence-electron chi connectivity index (χ3n) is 4.60. The first-order valence-corrected chi connectivity index (χ1v) is 10.2.